The van der Waals surface area contributed by atoms with E-state index in [4.69, 9.17) is 32.9 Å². The number of rotatable bonds is 4. The Morgan fingerprint density at radius 1 is 1.03 bits per heavy atom. The van der Waals surface area contributed by atoms with E-state index in [1.54, 1.807) is 22.8 Å². The van der Waals surface area contributed by atoms with Crippen molar-refractivity contribution in [2.45, 2.75) is 38.0 Å². The van der Waals surface area contributed by atoms with Crippen LogP contribution in [0, 0.1) is 0 Å². The summed E-state index contributed by atoms with van der Waals surface area (Å²) in [4.78, 5) is 20.0. The predicted octanol–water partition coefficient (Wildman–Crippen LogP) is 4.95. The molecule has 0 N–H and O–H groups in total. The van der Waals surface area contributed by atoms with Gasteiger partial charge in [0.25, 0.3) is 5.56 Å². The van der Waals surface area contributed by atoms with Gasteiger partial charge in [-0.15, -0.1) is 0 Å². The van der Waals surface area contributed by atoms with Gasteiger partial charge in [0.1, 0.15) is 0 Å². The van der Waals surface area contributed by atoms with E-state index in [0.717, 1.165) is 66.0 Å². The molecule has 0 radical (unpaired) electrons. The van der Waals surface area contributed by atoms with Gasteiger partial charge in [0, 0.05) is 37.3 Å². The number of hydrogen-bond acceptors (Lipinski definition) is 4. The number of pyridine rings is 2. The first kappa shape index (κ1) is 21.0. The summed E-state index contributed by atoms with van der Waals surface area (Å²) in [5.74, 6) is 0. The van der Waals surface area contributed by atoms with Crippen LogP contribution in [0.15, 0.2) is 59.7 Å². The molecule has 2 atom stereocenters. The number of ether oxygens (including phenoxy) is 1. The number of allylic oxidation sites excluding steroid dienone is 1. The Hall–Kier alpha value is -2.60. The summed E-state index contributed by atoms with van der Waals surface area (Å²) in [6.45, 7) is 2.28. The molecule has 5 nitrogen and oxygen atoms in total. The summed E-state index contributed by atoms with van der Waals surface area (Å²) in [5.41, 5.74) is 6.19. The minimum absolute atomic E-state index is 0.0539. The summed E-state index contributed by atoms with van der Waals surface area (Å²) >= 11 is 12.1. The molecule has 2 unspecified atom stereocenters. The predicted molar refractivity (Wildman–Crippen MR) is 131 cm³/mol. The molecule has 3 aromatic rings. The second-order valence-corrected chi connectivity index (χ2v) is 9.82. The molecule has 4 heterocycles. The Kier molecular flexibility index (Phi) is 5.28. The number of hydrogen-bond donors (Lipinski definition) is 0. The highest BCUT2D eigenvalue weighted by Crippen LogP contribution is 2.35. The summed E-state index contributed by atoms with van der Waals surface area (Å²) in [5, 5.41) is 0.996. The van der Waals surface area contributed by atoms with Crippen LogP contribution in [0.2, 0.25) is 10.0 Å². The van der Waals surface area contributed by atoms with E-state index >= 15 is 0 Å². The maximum Gasteiger partial charge on any atom is 0.251 e. The Morgan fingerprint density at radius 3 is 2.61 bits per heavy atom. The lowest BCUT2D eigenvalue weighted by Gasteiger charge is -2.33. The highest BCUT2D eigenvalue weighted by atomic mass is 35.5. The minimum atomic E-state index is -0.0539. The largest absolute Gasteiger partial charge is 0.371 e. The van der Waals surface area contributed by atoms with Crippen molar-refractivity contribution < 1.29 is 4.74 Å². The molecule has 7 heteroatoms. The molecule has 2 aromatic heterocycles. The molecule has 2 saturated heterocycles. The lowest BCUT2D eigenvalue weighted by molar-refractivity contribution is 0.0305. The van der Waals surface area contributed by atoms with E-state index in [0.29, 0.717) is 28.8 Å². The first-order valence-corrected chi connectivity index (χ1v) is 12.0. The quantitative estimate of drug-likeness (QED) is 0.530. The first-order chi connectivity index (χ1) is 16.0. The molecule has 0 spiro atoms. The highest BCUT2D eigenvalue weighted by molar-refractivity contribution is 6.42. The maximum atomic E-state index is 12.9. The molecule has 1 aliphatic carbocycles. The maximum absolute atomic E-state index is 12.9. The Bertz CT molecular complexity index is 1320. The van der Waals surface area contributed by atoms with Crippen molar-refractivity contribution in [1.82, 2.24) is 9.55 Å². The first-order valence-electron chi connectivity index (χ1n) is 11.3. The van der Waals surface area contributed by atoms with Crippen molar-refractivity contribution in [3.8, 4) is 0 Å². The van der Waals surface area contributed by atoms with Gasteiger partial charge in [0.2, 0.25) is 0 Å². The topological polar surface area (TPSA) is 47.4 Å². The third-order valence-corrected chi connectivity index (χ3v) is 7.54. The van der Waals surface area contributed by atoms with Crippen LogP contribution in [0.5, 0.6) is 0 Å². The zero-order valence-electron chi connectivity index (χ0n) is 18.0. The van der Waals surface area contributed by atoms with Gasteiger partial charge in [-0.1, -0.05) is 35.3 Å². The molecule has 33 heavy (non-hydrogen) atoms. The zero-order valence-corrected chi connectivity index (χ0v) is 19.5. The summed E-state index contributed by atoms with van der Waals surface area (Å²) in [6, 6.07) is 11.4. The minimum Gasteiger partial charge on any atom is -0.371 e. The van der Waals surface area contributed by atoms with Crippen LogP contribution in [0.25, 0.3) is 5.57 Å². The van der Waals surface area contributed by atoms with Crippen molar-refractivity contribution in [3.63, 3.8) is 0 Å². The third kappa shape index (κ3) is 3.99. The summed E-state index contributed by atoms with van der Waals surface area (Å²) in [7, 11) is 0. The molecule has 2 fully saturated rings. The number of nitrogens with zero attached hydrogens (tertiary/aromatic N) is 3. The van der Waals surface area contributed by atoms with Crippen LogP contribution in [-0.2, 0) is 17.7 Å². The molecule has 6 rings (SSSR count). The summed E-state index contributed by atoms with van der Waals surface area (Å²) in [6.07, 6.45) is 9.72. The van der Waals surface area contributed by atoms with E-state index in [-0.39, 0.29) is 5.56 Å². The van der Waals surface area contributed by atoms with E-state index in [9.17, 15) is 4.79 Å². The zero-order chi connectivity index (χ0) is 22.5. The molecule has 0 saturated carbocycles. The van der Waals surface area contributed by atoms with E-state index in [2.05, 4.69) is 17.0 Å². The van der Waals surface area contributed by atoms with Gasteiger partial charge in [-0.05, 0) is 53.8 Å². The van der Waals surface area contributed by atoms with Crippen LogP contribution in [-0.4, -0.2) is 34.8 Å². The van der Waals surface area contributed by atoms with Crippen LogP contribution >= 0.6 is 23.2 Å². The number of aromatic nitrogens is 2. The van der Waals surface area contributed by atoms with E-state index in [1.165, 1.54) is 0 Å². The molecular weight excluding hydrogens is 457 g/mol. The normalized spacial score (nSPS) is 21.3. The lowest BCUT2D eigenvalue weighted by Crippen LogP contribution is -2.42. The number of benzene rings is 1. The Morgan fingerprint density at radius 2 is 1.85 bits per heavy atom. The molecule has 1 aromatic carbocycles. The van der Waals surface area contributed by atoms with Crippen LogP contribution in [0.4, 0.5) is 5.69 Å². The smallest absolute Gasteiger partial charge is 0.251 e. The molecular formula is C26H23Cl2N3O2. The van der Waals surface area contributed by atoms with Crippen molar-refractivity contribution >= 4 is 34.5 Å². The van der Waals surface area contributed by atoms with E-state index < -0.39 is 0 Å². The van der Waals surface area contributed by atoms with Gasteiger partial charge in [0.05, 0.1) is 46.4 Å². The second-order valence-electron chi connectivity index (χ2n) is 9.00. The lowest BCUT2D eigenvalue weighted by atomic mass is 10.0. The standard InChI is InChI=1S/C26H23Cl2N3O2/c27-23-5-1-16(9-24(23)28)13-30-8-7-17(10-26(30)32)21-4-6-25-22(21)11-18(12-29-25)31-14-19-2-3-20(15-31)33-19/h1,4-5,7-12,19-20H,2-3,6,13-15H2. The van der Waals surface area contributed by atoms with Crippen molar-refractivity contribution in [3.05, 3.63) is 97.7 Å². The van der Waals surface area contributed by atoms with Crippen LogP contribution in [0.1, 0.15) is 35.2 Å². The van der Waals surface area contributed by atoms with E-state index in [1.807, 2.05) is 24.5 Å². The highest BCUT2D eigenvalue weighted by Gasteiger charge is 2.34. The van der Waals surface area contributed by atoms with Gasteiger partial charge in [0.15, 0.2) is 0 Å². The van der Waals surface area contributed by atoms with Gasteiger partial charge in [-0.3, -0.25) is 9.78 Å². The third-order valence-electron chi connectivity index (χ3n) is 6.80. The fraction of sp³-hybridized carbons (Fsp3) is 0.308. The van der Waals surface area contributed by atoms with Crippen molar-refractivity contribution in [1.29, 1.82) is 0 Å². The average molecular weight is 480 g/mol. The number of fused-ring (bicyclic) bond motifs is 3. The molecule has 0 amide bonds. The fourth-order valence-corrected chi connectivity index (χ4v) is 5.42. The monoisotopic (exact) mass is 479 g/mol. The summed E-state index contributed by atoms with van der Waals surface area (Å²) < 4.78 is 7.67. The van der Waals surface area contributed by atoms with Crippen LogP contribution < -0.4 is 10.5 Å². The molecule has 168 valence electrons. The molecule has 3 aliphatic rings. The van der Waals surface area contributed by atoms with Gasteiger partial charge in [-0.25, -0.2) is 0 Å². The Labute approximate surface area is 202 Å². The SMILES string of the molecule is O=c1cc(C2=CCc3ncc(N4CC5CCC(C4)O5)cc32)ccn1Cc1ccc(Cl)c(Cl)c1. The van der Waals surface area contributed by atoms with Gasteiger partial charge in [-0.2, -0.15) is 0 Å². The number of anilines is 1. The number of halogens is 2. The molecule has 2 bridgehead atoms. The van der Waals surface area contributed by atoms with Crippen LogP contribution in [0.3, 0.4) is 0 Å². The van der Waals surface area contributed by atoms with Gasteiger partial charge >= 0.3 is 0 Å². The fourth-order valence-electron chi connectivity index (χ4n) is 5.10. The Balaban J connectivity index is 1.26. The molecule has 2 aliphatic heterocycles. The van der Waals surface area contributed by atoms with Crippen molar-refractivity contribution in [2.75, 3.05) is 18.0 Å². The average Bonchev–Trinajstić information content (AvgIpc) is 3.39. The van der Waals surface area contributed by atoms with Crippen molar-refractivity contribution in [2.24, 2.45) is 0 Å². The second kappa shape index (κ2) is 8.32. The van der Waals surface area contributed by atoms with Gasteiger partial charge < -0.3 is 14.2 Å². The number of morpholine rings is 1.